The van der Waals surface area contributed by atoms with Crippen LogP contribution in [0.15, 0.2) is 23.8 Å². The van der Waals surface area contributed by atoms with Crippen molar-refractivity contribution in [2.75, 3.05) is 18.5 Å². The monoisotopic (exact) mass is 267 g/mol. The van der Waals surface area contributed by atoms with Crippen molar-refractivity contribution in [3.05, 3.63) is 28.8 Å². The van der Waals surface area contributed by atoms with Crippen LogP contribution in [0.2, 0.25) is 5.02 Å². The van der Waals surface area contributed by atoms with E-state index in [0.29, 0.717) is 35.4 Å². The van der Waals surface area contributed by atoms with Crippen LogP contribution in [0.25, 0.3) is 0 Å². The number of ether oxygens (including phenoxy) is 2. The average molecular weight is 268 g/mol. The molecule has 0 spiro atoms. The lowest BCUT2D eigenvalue weighted by molar-refractivity contribution is -0.111. The second-order valence-corrected chi connectivity index (χ2v) is 4.59. The Kier molecular flexibility index (Phi) is 3.77. The molecule has 1 aliphatic heterocycles. The molecule has 0 unspecified atom stereocenters. The Morgan fingerprint density at radius 3 is 2.50 bits per heavy atom. The van der Waals surface area contributed by atoms with Gasteiger partial charge in [0.05, 0.1) is 10.7 Å². The molecule has 4 nitrogen and oxygen atoms in total. The molecule has 1 N–H and O–H groups in total. The van der Waals surface area contributed by atoms with E-state index in [2.05, 4.69) is 5.32 Å². The highest BCUT2D eigenvalue weighted by atomic mass is 35.5. The highest BCUT2D eigenvalue weighted by Crippen LogP contribution is 2.37. The Morgan fingerprint density at radius 2 is 1.89 bits per heavy atom. The number of anilines is 1. The van der Waals surface area contributed by atoms with Crippen molar-refractivity contribution in [3.8, 4) is 11.5 Å². The smallest absolute Gasteiger partial charge is 0.248 e. The van der Waals surface area contributed by atoms with E-state index in [0.717, 1.165) is 5.57 Å². The molecule has 1 aromatic carbocycles. The summed E-state index contributed by atoms with van der Waals surface area (Å²) in [6.07, 6.45) is 1.51. The summed E-state index contributed by atoms with van der Waals surface area (Å²) in [6, 6.07) is 3.32. The quantitative estimate of drug-likeness (QED) is 0.838. The molecule has 0 saturated carbocycles. The Bertz CT molecular complexity index is 507. The number of hydrogen-bond acceptors (Lipinski definition) is 3. The average Bonchev–Trinajstić information content (AvgIpc) is 2.29. The molecular formula is C13H14ClNO3. The van der Waals surface area contributed by atoms with Gasteiger partial charge in [-0.2, -0.15) is 0 Å². The van der Waals surface area contributed by atoms with Gasteiger partial charge in [-0.15, -0.1) is 0 Å². The lowest BCUT2D eigenvalue weighted by Gasteiger charge is -2.19. The maximum Gasteiger partial charge on any atom is 0.248 e. The van der Waals surface area contributed by atoms with Crippen LogP contribution in [0.1, 0.15) is 13.8 Å². The first-order chi connectivity index (χ1) is 8.56. The molecule has 18 heavy (non-hydrogen) atoms. The normalized spacial score (nSPS) is 12.8. The summed E-state index contributed by atoms with van der Waals surface area (Å²) in [5.74, 6) is 0.984. The van der Waals surface area contributed by atoms with E-state index in [1.807, 2.05) is 13.8 Å². The van der Waals surface area contributed by atoms with Crippen LogP contribution in [0, 0.1) is 0 Å². The van der Waals surface area contributed by atoms with Gasteiger partial charge in [0.1, 0.15) is 13.2 Å². The van der Waals surface area contributed by atoms with Crippen molar-refractivity contribution in [2.24, 2.45) is 0 Å². The Morgan fingerprint density at radius 1 is 1.28 bits per heavy atom. The van der Waals surface area contributed by atoms with Crippen LogP contribution in [-0.4, -0.2) is 19.1 Å². The van der Waals surface area contributed by atoms with Gasteiger partial charge in [-0.1, -0.05) is 17.2 Å². The van der Waals surface area contributed by atoms with E-state index < -0.39 is 0 Å². The molecule has 0 aliphatic carbocycles. The zero-order valence-corrected chi connectivity index (χ0v) is 11.0. The van der Waals surface area contributed by atoms with Crippen LogP contribution in [-0.2, 0) is 4.79 Å². The van der Waals surface area contributed by atoms with Gasteiger partial charge in [-0.3, -0.25) is 4.79 Å². The molecule has 0 fully saturated rings. The predicted molar refractivity (Wildman–Crippen MR) is 70.5 cm³/mol. The highest BCUT2D eigenvalue weighted by Gasteiger charge is 2.15. The number of halogens is 1. The first-order valence-corrected chi connectivity index (χ1v) is 5.99. The van der Waals surface area contributed by atoms with Crippen LogP contribution in [0.5, 0.6) is 11.5 Å². The van der Waals surface area contributed by atoms with E-state index in [4.69, 9.17) is 21.1 Å². The van der Waals surface area contributed by atoms with E-state index in [1.165, 1.54) is 6.08 Å². The fourth-order valence-electron chi connectivity index (χ4n) is 1.59. The molecule has 1 heterocycles. The number of fused-ring (bicyclic) bond motifs is 1. The Balaban J connectivity index is 2.23. The molecule has 0 aromatic heterocycles. The topological polar surface area (TPSA) is 47.6 Å². The summed E-state index contributed by atoms with van der Waals surface area (Å²) < 4.78 is 10.8. The van der Waals surface area contributed by atoms with Gasteiger partial charge in [-0.05, 0) is 13.8 Å². The third kappa shape index (κ3) is 2.96. The number of carbonyl (C=O) groups excluding carboxylic acids is 1. The molecule has 2 rings (SSSR count). The lowest BCUT2D eigenvalue weighted by atomic mass is 10.2. The number of rotatable bonds is 2. The molecular weight excluding hydrogens is 254 g/mol. The third-order valence-electron chi connectivity index (χ3n) is 2.31. The molecule has 0 saturated heterocycles. The highest BCUT2D eigenvalue weighted by molar-refractivity contribution is 6.34. The van der Waals surface area contributed by atoms with Crippen molar-refractivity contribution in [2.45, 2.75) is 13.8 Å². The minimum atomic E-state index is -0.214. The molecule has 0 bridgehead atoms. The zero-order valence-electron chi connectivity index (χ0n) is 10.2. The lowest BCUT2D eigenvalue weighted by Crippen LogP contribution is -2.16. The second kappa shape index (κ2) is 5.31. The van der Waals surface area contributed by atoms with Crippen LogP contribution >= 0.6 is 11.6 Å². The maximum absolute atomic E-state index is 11.6. The van der Waals surface area contributed by atoms with Crippen LogP contribution < -0.4 is 14.8 Å². The van der Waals surface area contributed by atoms with Crippen LogP contribution in [0.4, 0.5) is 5.69 Å². The number of carbonyl (C=O) groups is 1. The van der Waals surface area contributed by atoms with Crippen molar-refractivity contribution in [3.63, 3.8) is 0 Å². The van der Waals surface area contributed by atoms with E-state index >= 15 is 0 Å². The summed E-state index contributed by atoms with van der Waals surface area (Å²) in [4.78, 5) is 11.6. The first-order valence-electron chi connectivity index (χ1n) is 5.61. The van der Waals surface area contributed by atoms with Gasteiger partial charge >= 0.3 is 0 Å². The molecule has 5 heteroatoms. The van der Waals surface area contributed by atoms with E-state index in [1.54, 1.807) is 12.1 Å². The minimum Gasteiger partial charge on any atom is -0.486 e. The van der Waals surface area contributed by atoms with Gasteiger partial charge in [0.2, 0.25) is 5.91 Å². The largest absolute Gasteiger partial charge is 0.486 e. The predicted octanol–water partition coefficient (Wildman–Crippen LogP) is 3.02. The molecule has 1 aliphatic rings. The van der Waals surface area contributed by atoms with Crippen LogP contribution in [0.3, 0.4) is 0 Å². The molecule has 1 aromatic rings. The van der Waals surface area contributed by atoms with Gasteiger partial charge in [-0.25, -0.2) is 0 Å². The number of allylic oxidation sites excluding steroid dienone is 1. The number of hydrogen-bond donors (Lipinski definition) is 1. The summed E-state index contributed by atoms with van der Waals surface area (Å²) in [5.41, 5.74) is 1.43. The summed E-state index contributed by atoms with van der Waals surface area (Å²) in [5, 5.41) is 3.13. The van der Waals surface area contributed by atoms with E-state index in [-0.39, 0.29) is 5.91 Å². The Hall–Kier alpha value is -1.68. The van der Waals surface area contributed by atoms with Gasteiger partial charge in [0.25, 0.3) is 0 Å². The van der Waals surface area contributed by atoms with Crippen molar-refractivity contribution < 1.29 is 14.3 Å². The molecule has 96 valence electrons. The van der Waals surface area contributed by atoms with Gasteiger partial charge < -0.3 is 14.8 Å². The van der Waals surface area contributed by atoms with Crippen molar-refractivity contribution in [1.29, 1.82) is 0 Å². The minimum absolute atomic E-state index is 0.214. The molecule has 1 amide bonds. The fourth-order valence-corrected chi connectivity index (χ4v) is 1.79. The van der Waals surface area contributed by atoms with Crippen molar-refractivity contribution >= 4 is 23.2 Å². The number of amides is 1. The molecule has 0 atom stereocenters. The maximum atomic E-state index is 11.6. The van der Waals surface area contributed by atoms with Gasteiger partial charge in [0.15, 0.2) is 11.5 Å². The van der Waals surface area contributed by atoms with Gasteiger partial charge in [0, 0.05) is 18.2 Å². The van der Waals surface area contributed by atoms with Crippen molar-refractivity contribution in [1.82, 2.24) is 0 Å². The summed E-state index contributed by atoms with van der Waals surface area (Å²) in [7, 11) is 0. The fraction of sp³-hybridized carbons (Fsp3) is 0.308. The first kappa shape index (κ1) is 12.8. The third-order valence-corrected chi connectivity index (χ3v) is 2.62. The summed E-state index contributed by atoms with van der Waals surface area (Å²) >= 11 is 6.07. The molecule has 0 radical (unpaired) electrons. The number of nitrogens with one attached hydrogen (secondary N) is 1. The SMILES string of the molecule is CC(C)=CC(=O)Nc1cc2c(cc1Cl)OCCO2. The summed E-state index contributed by atoms with van der Waals surface area (Å²) in [6.45, 7) is 4.71. The zero-order chi connectivity index (χ0) is 13.1. The second-order valence-electron chi connectivity index (χ2n) is 4.19. The number of benzene rings is 1. The standard InChI is InChI=1S/C13H14ClNO3/c1-8(2)5-13(16)15-10-7-12-11(6-9(10)14)17-3-4-18-12/h5-7H,3-4H2,1-2H3,(H,15,16). The Labute approximate surface area is 111 Å². The van der Waals surface area contributed by atoms with E-state index in [9.17, 15) is 4.79 Å².